The number of piperidine rings is 1. The number of oxazole rings is 1. The van der Waals surface area contributed by atoms with Gasteiger partial charge in [0.05, 0.1) is 12.7 Å². The average molecular weight is 419 g/mol. The van der Waals surface area contributed by atoms with Crippen LogP contribution in [0.15, 0.2) is 65.4 Å². The lowest BCUT2D eigenvalue weighted by Gasteiger charge is -2.32. The van der Waals surface area contributed by atoms with Gasteiger partial charge >= 0.3 is 5.97 Å². The van der Waals surface area contributed by atoms with Crippen molar-refractivity contribution in [2.45, 2.75) is 25.4 Å². The molecule has 0 bridgehead atoms. The van der Waals surface area contributed by atoms with E-state index >= 15 is 0 Å². The Bertz CT molecular complexity index is 1040. The average Bonchev–Trinajstić information content (AvgIpc) is 3.30. The number of ether oxygens (including phenoxy) is 1. The van der Waals surface area contributed by atoms with E-state index in [2.05, 4.69) is 39.5 Å². The van der Waals surface area contributed by atoms with Gasteiger partial charge < -0.3 is 14.5 Å². The number of methoxy groups -OCH3 is 1. The summed E-state index contributed by atoms with van der Waals surface area (Å²) in [6, 6.07) is 17.5. The molecule has 4 rings (SSSR count). The van der Waals surface area contributed by atoms with Crippen LogP contribution in [0.1, 0.15) is 39.3 Å². The minimum Gasteiger partial charge on any atom is -0.464 e. The summed E-state index contributed by atoms with van der Waals surface area (Å²) >= 11 is 0. The number of hydrogen-bond donors (Lipinski definition) is 1. The monoisotopic (exact) mass is 419 g/mol. The van der Waals surface area contributed by atoms with E-state index in [1.165, 1.54) is 19.1 Å². The Morgan fingerprint density at radius 3 is 2.55 bits per heavy atom. The van der Waals surface area contributed by atoms with Crippen LogP contribution in [0.4, 0.5) is 0 Å². The van der Waals surface area contributed by atoms with E-state index in [4.69, 9.17) is 9.15 Å². The van der Waals surface area contributed by atoms with Gasteiger partial charge in [0.1, 0.15) is 0 Å². The molecule has 7 heteroatoms. The molecule has 0 unspecified atom stereocenters. The number of esters is 1. The minimum atomic E-state index is -0.607. The first kappa shape index (κ1) is 20.8. The van der Waals surface area contributed by atoms with Gasteiger partial charge in [-0.3, -0.25) is 9.69 Å². The van der Waals surface area contributed by atoms with Gasteiger partial charge in [-0.1, -0.05) is 48.5 Å². The molecule has 0 radical (unpaired) electrons. The second-order valence-corrected chi connectivity index (χ2v) is 7.58. The first-order valence-corrected chi connectivity index (χ1v) is 10.3. The SMILES string of the molecule is COC(=O)c1ncoc1-c1ccccc1C(=O)NC1CCN(Cc2ccccc2)CC1. The number of nitrogens with zero attached hydrogens (tertiary/aromatic N) is 2. The third kappa shape index (κ3) is 4.83. The van der Waals surface area contributed by atoms with Gasteiger partial charge in [-0.25, -0.2) is 9.78 Å². The van der Waals surface area contributed by atoms with Crippen molar-refractivity contribution < 1.29 is 18.7 Å². The van der Waals surface area contributed by atoms with Gasteiger partial charge in [-0.05, 0) is 24.5 Å². The zero-order valence-electron chi connectivity index (χ0n) is 17.4. The molecule has 1 aliphatic rings. The van der Waals surface area contributed by atoms with Gasteiger partial charge in [0, 0.05) is 31.2 Å². The number of carbonyl (C=O) groups excluding carboxylic acids is 2. The molecule has 1 saturated heterocycles. The van der Waals surface area contributed by atoms with Crippen molar-refractivity contribution in [3.05, 3.63) is 77.8 Å². The summed E-state index contributed by atoms with van der Waals surface area (Å²) in [7, 11) is 1.28. The predicted octanol–water partition coefficient (Wildman–Crippen LogP) is 3.52. The van der Waals surface area contributed by atoms with Crippen molar-refractivity contribution in [1.29, 1.82) is 0 Å². The molecule has 3 aromatic rings. The van der Waals surface area contributed by atoms with Crippen molar-refractivity contribution in [3.63, 3.8) is 0 Å². The Hall–Kier alpha value is -3.45. The van der Waals surface area contributed by atoms with Crippen LogP contribution in [0.3, 0.4) is 0 Å². The van der Waals surface area contributed by atoms with Crippen LogP contribution in [0.25, 0.3) is 11.3 Å². The van der Waals surface area contributed by atoms with Crippen LogP contribution in [-0.2, 0) is 11.3 Å². The van der Waals surface area contributed by atoms with Crippen molar-refractivity contribution in [2.24, 2.45) is 0 Å². The predicted molar refractivity (Wildman–Crippen MR) is 115 cm³/mol. The van der Waals surface area contributed by atoms with Crippen LogP contribution in [0, 0.1) is 0 Å². The lowest BCUT2D eigenvalue weighted by atomic mass is 10.0. The summed E-state index contributed by atoms with van der Waals surface area (Å²) in [6.07, 6.45) is 2.95. The fourth-order valence-corrected chi connectivity index (χ4v) is 3.90. The minimum absolute atomic E-state index is 0.0528. The fraction of sp³-hybridized carbons (Fsp3) is 0.292. The van der Waals surface area contributed by atoms with Crippen molar-refractivity contribution >= 4 is 11.9 Å². The zero-order valence-corrected chi connectivity index (χ0v) is 17.4. The molecular formula is C24H25N3O4. The molecule has 160 valence electrons. The fourth-order valence-electron chi connectivity index (χ4n) is 3.90. The summed E-state index contributed by atoms with van der Waals surface area (Å²) in [5.74, 6) is -0.565. The topological polar surface area (TPSA) is 84.7 Å². The molecule has 0 atom stereocenters. The van der Waals surface area contributed by atoms with E-state index < -0.39 is 5.97 Å². The first-order chi connectivity index (χ1) is 15.2. The zero-order chi connectivity index (χ0) is 21.6. The third-order valence-corrected chi connectivity index (χ3v) is 5.53. The Kier molecular flexibility index (Phi) is 6.43. The number of carbonyl (C=O) groups is 2. The number of nitrogens with one attached hydrogen (secondary N) is 1. The molecule has 1 amide bonds. The molecule has 7 nitrogen and oxygen atoms in total. The highest BCUT2D eigenvalue weighted by molar-refractivity contribution is 6.03. The molecule has 1 aromatic heterocycles. The molecule has 0 saturated carbocycles. The Morgan fingerprint density at radius 1 is 1.10 bits per heavy atom. The van der Waals surface area contributed by atoms with Crippen LogP contribution in [0.2, 0.25) is 0 Å². The van der Waals surface area contributed by atoms with Crippen LogP contribution in [-0.4, -0.2) is 48.0 Å². The van der Waals surface area contributed by atoms with Crippen molar-refractivity contribution in [3.8, 4) is 11.3 Å². The Balaban J connectivity index is 1.41. The molecular weight excluding hydrogens is 394 g/mol. The molecule has 1 N–H and O–H groups in total. The van der Waals surface area contributed by atoms with E-state index in [1.807, 2.05) is 6.07 Å². The third-order valence-electron chi connectivity index (χ3n) is 5.53. The van der Waals surface area contributed by atoms with Crippen LogP contribution >= 0.6 is 0 Å². The maximum atomic E-state index is 13.0. The van der Waals surface area contributed by atoms with Gasteiger partial charge in [0.25, 0.3) is 5.91 Å². The van der Waals surface area contributed by atoms with Gasteiger partial charge in [-0.15, -0.1) is 0 Å². The number of rotatable bonds is 6. The summed E-state index contributed by atoms with van der Waals surface area (Å²) in [6.45, 7) is 2.78. The molecule has 2 heterocycles. The normalized spacial score (nSPS) is 14.9. The molecule has 1 aliphatic heterocycles. The van der Waals surface area contributed by atoms with Crippen LogP contribution < -0.4 is 5.32 Å². The van der Waals surface area contributed by atoms with E-state index in [-0.39, 0.29) is 23.4 Å². The van der Waals surface area contributed by atoms with Gasteiger partial charge in [-0.2, -0.15) is 0 Å². The maximum absolute atomic E-state index is 13.0. The second kappa shape index (κ2) is 9.57. The van der Waals surface area contributed by atoms with E-state index in [1.54, 1.807) is 24.3 Å². The highest BCUT2D eigenvalue weighted by Gasteiger charge is 2.25. The summed E-state index contributed by atoms with van der Waals surface area (Å²) < 4.78 is 10.2. The highest BCUT2D eigenvalue weighted by atomic mass is 16.5. The summed E-state index contributed by atoms with van der Waals surface area (Å²) in [5.41, 5.74) is 2.31. The Morgan fingerprint density at radius 2 is 1.81 bits per heavy atom. The lowest BCUT2D eigenvalue weighted by molar-refractivity contribution is 0.0595. The van der Waals surface area contributed by atoms with Gasteiger partial charge in [0.15, 0.2) is 17.8 Å². The quantitative estimate of drug-likeness (QED) is 0.616. The smallest absolute Gasteiger partial charge is 0.360 e. The number of amides is 1. The van der Waals surface area contributed by atoms with Crippen LogP contribution in [0.5, 0.6) is 0 Å². The standard InChI is InChI=1S/C24H25N3O4/c1-30-24(29)21-22(31-16-25-21)19-9-5-6-10-20(19)23(28)26-18-11-13-27(14-12-18)15-17-7-3-2-4-8-17/h2-10,16,18H,11-15H2,1H3,(H,26,28). The highest BCUT2D eigenvalue weighted by Crippen LogP contribution is 2.27. The van der Waals surface area contributed by atoms with Crippen molar-refractivity contribution in [1.82, 2.24) is 15.2 Å². The van der Waals surface area contributed by atoms with E-state index in [9.17, 15) is 9.59 Å². The number of likely N-dealkylation sites (tertiary alicyclic amines) is 1. The lowest BCUT2D eigenvalue weighted by Crippen LogP contribution is -2.44. The maximum Gasteiger partial charge on any atom is 0.360 e. The first-order valence-electron chi connectivity index (χ1n) is 10.3. The van der Waals surface area contributed by atoms with E-state index in [0.29, 0.717) is 11.1 Å². The molecule has 0 spiro atoms. The summed E-state index contributed by atoms with van der Waals surface area (Å²) in [4.78, 5) is 31.4. The molecule has 31 heavy (non-hydrogen) atoms. The molecule has 1 fully saturated rings. The number of benzene rings is 2. The number of hydrogen-bond acceptors (Lipinski definition) is 6. The molecule has 0 aliphatic carbocycles. The largest absolute Gasteiger partial charge is 0.464 e. The Labute approximate surface area is 181 Å². The van der Waals surface area contributed by atoms with Crippen molar-refractivity contribution in [2.75, 3.05) is 20.2 Å². The summed E-state index contributed by atoms with van der Waals surface area (Å²) in [5, 5.41) is 3.14. The van der Waals surface area contributed by atoms with Gasteiger partial charge in [0.2, 0.25) is 0 Å². The second-order valence-electron chi connectivity index (χ2n) is 7.58. The molecule has 2 aromatic carbocycles. The number of aromatic nitrogens is 1. The van der Waals surface area contributed by atoms with E-state index in [0.717, 1.165) is 32.5 Å².